The molecule has 2 aliphatic rings. The van der Waals surface area contributed by atoms with Crippen molar-refractivity contribution >= 4 is 31.9 Å². The van der Waals surface area contributed by atoms with E-state index in [1.807, 2.05) is 18.2 Å². The number of hydrogen-bond acceptors (Lipinski definition) is 5. The largest absolute Gasteiger partial charge is 0.486 e. The van der Waals surface area contributed by atoms with Crippen LogP contribution in [-0.2, 0) is 16.4 Å². The van der Waals surface area contributed by atoms with E-state index in [1.54, 1.807) is 6.07 Å². The number of benzene rings is 2. The Morgan fingerprint density at radius 1 is 1.07 bits per heavy atom. The molecule has 29 heavy (non-hydrogen) atoms. The van der Waals surface area contributed by atoms with Crippen molar-refractivity contribution < 1.29 is 22.7 Å². The van der Waals surface area contributed by atoms with Crippen molar-refractivity contribution in [1.29, 1.82) is 0 Å². The number of halogens is 1. The van der Waals surface area contributed by atoms with Gasteiger partial charge < -0.3 is 14.8 Å². The molecular formula is C20H21BrN2O5S. The molecule has 1 aliphatic carbocycles. The highest BCUT2D eigenvalue weighted by Crippen LogP contribution is 2.31. The Balaban J connectivity index is 1.40. The molecule has 0 aromatic heterocycles. The minimum atomic E-state index is -3.62. The normalized spacial score (nSPS) is 15.8. The first-order chi connectivity index (χ1) is 13.9. The van der Waals surface area contributed by atoms with Crippen molar-refractivity contribution in [3.05, 3.63) is 52.0 Å². The van der Waals surface area contributed by atoms with E-state index in [1.165, 1.54) is 12.1 Å². The van der Waals surface area contributed by atoms with Gasteiger partial charge in [0.05, 0.1) is 10.5 Å². The maximum absolute atomic E-state index is 12.6. The van der Waals surface area contributed by atoms with Crippen molar-refractivity contribution in [2.24, 2.45) is 0 Å². The van der Waals surface area contributed by atoms with E-state index in [2.05, 4.69) is 26.0 Å². The SMILES string of the molecule is O=C(NCCc1ccc2c(c1)OCCO2)c1cc(S(=O)(=O)NC2CC2)ccc1Br. The monoisotopic (exact) mass is 480 g/mol. The molecule has 0 bridgehead atoms. The van der Waals surface area contributed by atoms with Gasteiger partial charge in [-0.25, -0.2) is 13.1 Å². The average Bonchev–Trinajstić information content (AvgIpc) is 3.51. The summed E-state index contributed by atoms with van der Waals surface area (Å²) < 4.78 is 39.1. The summed E-state index contributed by atoms with van der Waals surface area (Å²) in [6.07, 6.45) is 2.31. The minimum Gasteiger partial charge on any atom is -0.486 e. The number of ether oxygens (including phenoxy) is 2. The predicted molar refractivity (Wildman–Crippen MR) is 111 cm³/mol. The van der Waals surface area contributed by atoms with Crippen LogP contribution in [0, 0.1) is 0 Å². The number of sulfonamides is 1. The molecule has 1 fully saturated rings. The first-order valence-corrected chi connectivity index (χ1v) is 11.7. The number of fused-ring (bicyclic) bond motifs is 1. The Morgan fingerprint density at radius 2 is 1.83 bits per heavy atom. The Hall–Kier alpha value is -2.10. The van der Waals surface area contributed by atoms with Crippen molar-refractivity contribution in [2.75, 3.05) is 19.8 Å². The molecule has 1 amide bonds. The van der Waals surface area contributed by atoms with Crippen molar-refractivity contribution in [1.82, 2.24) is 10.0 Å². The molecule has 0 radical (unpaired) electrons. The summed E-state index contributed by atoms with van der Waals surface area (Å²) in [7, 11) is -3.62. The molecule has 1 aliphatic heterocycles. The molecule has 4 rings (SSSR count). The van der Waals surface area contributed by atoms with Crippen LogP contribution in [0.2, 0.25) is 0 Å². The molecule has 2 aromatic carbocycles. The van der Waals surface area contributed by atoms with Gasteiger partial charge in [-0.15, -0.1) is 0 Å². The molecule has 2 N–H and O–H groups in total. The van der Waals surface area contributed by atoms with Gasteiger partial charge in [-0.3, -0.25) is 4.79 Å². The molecule has 9 heteroatoms. The van der Waals surface area contributed by atoms with Crippen LogP contribution in [0.3, 0.4) is 0 Å². The third-order valence-corrected chi connectivity index (χ3v) is 6.91. The molecule has 2 aromatic rings. The van der Waals surface area contributed by atoms with Gasteiger partial charge in [0.1, 0.15) is 13.2 Å². The van der Waals surface area contributed by atoms with Crippen LogP contribution in [-0.4, -0.2) is 40.1 Å². The lowest BCUT2D eigenvalue weighted by molar-refractivity contribution is 0.0953. The molecule has 154 valence electrons. The van der Waals surface area contributed by atoms with Crippen LogP contribution in [0.15, 0.2) is 45.8 Å². The van der Waals surface area contributed by atoms with E-state index in [0.717, 1.165) is 24.2 Å². The number of carbonyl (C=O) groups is 1. The summed E-state index contributed by atoms with van der Waals surface area (Å²) in [5, 5.41) is 2.84. The van der Waals surface area contributed by atoms with Crippen LogP contribution in [0.25, 0.3) is 0 Å². The topological polar surface area (TPSA) is 93.7 Å². The van der Waals surface area contributed by atoms with Crippen LogP contribution >= 0.6 is 15.9 Å². The van der Waals surface area contributed by atoms with Crippen LogP contribution < -0.4 is 19.5 Å². The fourth-order valence-electron chi connectivity index (χ4n) is 2.99. The van der Waals surface area contributed by atoms with Crippen LogP contribution in [0.1, 0.15) is 28.8 Å². The predicted octanol–water partition coefficient (Wildman–Crippen LogP) is 2.63. The lowest BCUT2D eigenvalue weighted by Gasteiger charge is -2.19. The number of carbonyl (C=O) groups excluding carboxylic acids is 1. The van der Waals surface area contributed by atoms with Gasteiger partial charge in [0.2, 0.25) is 10.0 Å². The van der Waals surface area contributed by atoms with E-state index in [-0.39, 0.29) is 22.4 Å². The van der Waals surface area contributed by atoms with Crippen molar-refractivity contribution in [2.45, 2.75) is 30.2 Å². The maximum atomic E-state index is 12.6. The third-order valence-electron chi connectivity index (χ3n) is 4.70. The summed E-state index contributed by atoms with van der Waals surface area (Å²) in [5.41, 5.74) is 1.30. The van der Waals surface area contributed by atoms with Gasteiger partial charge in [0, 0.05) is 17.1 Å². The Labute approximate surface area is 178 Å². The molecule has 1 heterocycles. The number of nitrogens with one attached hydrogen (secondary N) is 2. The quantitative estimate of drug-likeness (QED) is 0.635. The molecule has 0 spiro atoms. The third kappa shape index (κ3) is 4.91. The van der Waals surface area contributed by atoms with Gasteiger partial charge in [-0.2, -0.15) is 0 Å². The second kappa shape index (κ2) is 8.33. The summed E-state index contributed by atoms with van der Waals surface area (Å²) in [5.74, 6) is 1.10. The van der Waals surface area contributed by atoms with Crippen LogP contribution in [0.4, 0.5) is 0 Å². The van der Waals surface area contributed by atoms with E-state index in [9.17, 15) is 13.2 Å². The summed E-state index contributed by atoms with van der Waals surface area (Å²) in [4.78, 5) is 12.7. The highest BCUT2D eigenvalue weighted by molar-refractivity contribution is 9.10. The van der Waals surface area contributed by atoms with Gasteiger partial charge in [0.15, 0.2) is 11.5 Å². The highest BCUT2D eigenvalue weighted by atomic mass is 79.9. The number of hydrogen-bond donors (Lipinski definition) is 2. The Morgan fingerprint density at radius 3 is 2.59 bits per heavy atom. The van der Waals surface area contributed by atoms with Crippen molar-refractivity contribution in [3.63, 3.8) is 0 Å². The Bertz CT molecular complexity index is 1040. The van der Waals surface area contributed by atoms with Gasteiger partial charge in [-0.05, 0) is 71.1 Å². The Kier molecular flexibility index (Phi) is 5.80. The molecule has 7 nitrogen and oxygen atoms in total. The van der Waals surface area contributed by atoms with E-state index >= 15 is 0 Å². The lowest BCUT2D eigenvalue weighted by atomic mass is 10.1. The zero-order valence-corrected chi connectivity index (χ0v) is 18.0. The number of rotatable bonds is 7. The molecule has 1 saturated carbocycles. The first-order valence-electron chi connectivity index (χ1n) is 9.41. The number of amides is 1. The summed E-state index contributed by atoms with van der Waals surface area (Å²) in [6, 6.07) is 10.2. The first kappa shape index (κ1) is 20.2. The zero-order chi connectivity index (χ0) is 20.4. The standard InChI is InChI=1S/C20H21BrN2O5S/c21-17-5-4-15(29(25,26)23-14-2-3-14)12-16(17)20(24)22-8-7-13-1-6-18-19(11-13)28-10-9-27-18/h1,4-6,11-12,14,23H,2-3,7-10H2,(H,22,24). The van der Waals surface area contributed by atoms with Gasteiger partial charge in [-0.1, -0.05) is 6.07 Å². The second-order valence-corrected chi connectivity index (χ2v) is 9.59. The average molecular weight is 481 g/mol. The highest BCUT2D eigenvalue weighted by Gasteiger charge is 2.28. The molecular weight excluding hydrogens is 460 g/mol. The fourth-order valence-corrected chi connectivity index (χ4v) is 4.75. The summed E-state index contributed by atoms with van der Waals surface area (Å²) in [6.45, 7) is 1.47. The maximum Gasteiger partial charge on any atom is 0.252 e. The molecule has 0 saturated heterocycles. The second-order valence-electron chi connectivity index (χ2n) is 7.02. The van der Waals surface area contributed by atoms with E-state index in [0.29, 0.717) is 36.4 Å². The lowest BCUT2D eigenvalue weighted by Crippen LogP contribution is -2.28. The van der Waals surface area contributed by atoms with Crippen LogP contribution in [0.5, 0.6) is 11.5 Å². The summed E-state index contributed by atoms with van der Waals surface area (Å²) >= 11 is 3.33. The van der Waals surface area contributed by atoms with E-state index < -0.39 is 10.0 Å². The van der Waals surface area contributed by atoms with E-state index in [4.69, 9.17) is 9.47 Å². The minimum absolute atomic E-state index is 0.00641. The molecule has 0 atom stereocenters. The van der Waals surface area contributed by atoms with Gasteiger partial charge >= 0.3 is 0 Å². The molecule has 0 unspecified atom stereocenters. The fraction of sp³-hybridized carbons (Fsp3) is 0.350. The smallest absolute Gasteiger partial charge is 0.252 e. The zero-order valence-electron chi connectivity index (χ0n) is 15.6. The van der Waals surface area contributed by atoms with Gasteiger partial charge in [0.25, 0.3) is 5.91 Å². The van der Waals surface area contributed by atoms with Crippen molar-refractivity contribution in [3.8, 4) is 11.5 Å².